The van der Waals surface area contributed by atoms with E-state index >= 15 is 0 Å². The van der Waals surface area contributed by atoms with Crippen LogP contribution >= 0.6 is 11.3 Å². The molecule has 20 heavy (non-hydrogen) atoms. The highest BCUT2D eigenvalue weighted by atomic mass is 32.1. The number of aromatic nitrogens is 3. The molecule has 2 rings (SSSR count). The Kier molecular flexibility index (Phi) is 5.08. The van der Waals surface area contributed by atoms with E-state index < -0.39 is 0 Å². The van der Waals surface area contributed by atoms with E-state index in [4.69, 9.17) is 4.42 Å². The van der Waals surface area contributed by atoms with Gasteiger partial charge in [-0.15, -0.1) is 16.4 Å². The molecule has 2 aromatic heterocycles. The van der Waals surface area contributed by atoms with Crippen molar-refractivity contribution in [2.75, 3.05) is 11.9 Å². The molecule has 110 valence electrons. The molecular weight excluding hydrogens is 274 g/mol. The van der Waals surface area contributed by atoms with Crippen molar-refractivity contribution < 1.29 is 4.42 Å². The van der Waals surface area contributed by atoms with Gasteiger partial charge >= 0.3 is 6.01 Å². The first-order valence-electron chi connectivity index (χ1n) is 6.85. The Balaban J connectivity index is 1.95. The highest BCUT2D eigenvalue weighted by Gasteiger charge is 2.16. The predicted octanol–water partition coefficient (Wildman–Crippen LogP) is 3.07. The molecule has 7 heteroatoms. The van der Waals surface area contributed by atoms with Crippen molar-refractivity contribution in [1.82, 2.24) is 20.5 Å². The second-order valence-electron chi connectivity index (χ2n) is 4.81. The fourth-order valence-corrected chi connectivity index (χ4v) is 2.54. The van der Waals surface area contributed by atoms with Crippen LogP contribution < -0.4 is 10.6 Å². The van der Waals surface area contributed by atoms with Crippen LogP contribution in [0.4, 0.5) is 6.01 Å². The summed E-state index contributed by atoms with van der Waals surface area (Å²) in [6.07, 6.45) is 1.07. The van der Waals surface area contributed by atoms with Crippen LogP contribution in [0.25, 0.3) is 0 Å². The van der Waals surface area contributed by atoms with Crippen LogP contribution in [-0.4, -0.2) is 21.7 Å². The van der Waals surface area contributed by atoms with Crippen LogP contribution in [0, 0.1) is 6.92 Å². The average Bonchev–Trinajstić information content (AvgIpc) is 3.05. The van der Waals surface area contributed by atoms with Gasteiger partial charge < -0.3 is 15.1 Å². The summed E-state index contributed by atoms with van der Waals surface area (Å²) >= 11 is 1.63. The molecule has 0 radical (unpaired) electrons. The molecule has 0 spiro atoms. The van der Waals surface area contributed by atoms with E-state index in [1.807, 2.05) is 26.2 Å². The Hall–Kier alpha value is -1.47. The summed E-state index contributed by atoms with van der Waals surface area (Å²) in [4.78, 5) is 4.44. The van der Waals surface area contributed by atoms with Crippen LogP contribution in [0.5, 0.6) is 0 Å². The number of thiazole rings is 1. The maximum atomic E-state index is 5.62. The first kappa shape index (κ1) is 14.9. The number of aryl methyl sites for hydroxylation is 1. The van der Waals surface area contributed by atoms with Gasteiger partial charge in [0.2, 0.25) is 5.89 Å². The molecule has 2 heterocycles. The van der Waals surface area contributed by atoms with Gasteiger partial charge in [0, 0.05) is 11.1 Å². The third-order valence-electron chi connectivity index (χ3n) is 2.86. The second kappa shape index (κ2) is 6.81. The Morgan fingerprint density at radius 3 is 2.75 bits per heavy atom. The number of anilines is 1. The molecule has 0 bridgehead atoms. The molecule has 6 nitrogen and oxygen atoms in total. The molecule has 0 amide bonds. The minimum Gasteiger partial charge on any atom is -0.406 e. The number of nitrogens with zero attached hydrogens (tertiary/aromatic N) is 3. The molecule has 2 atom stereocenters. The fourth-order valence-electron chi connectivity index (χ4n) is 1.73. The van der Waals surface area contributed by atoms with Crippen LogP contribution in [0.3, 0.4) is 0 Å². The van der Waals surface area contributed by atoms with Gasteiger partial charge in [-0.2, -0.15) is 0 Å². The smallest absolute Gasteiger partial charge is 0.316 e. The van der Waals surface area contributed by atoms with Gasteiger partial charge in [-0.1, -0.05) is 12.0 Å². The standard InChI is InChI=1S/C13H21N5OS/c1-5-6-14-9(3)11-17-18-13(19-11)16-10(4)12-15-8(2)7-20-12/h7,9-10,14H,5-6H2,1-4H3,(H,16,18). The summed E-state index contributed by atoms with van der Waals surface area (Å²) in [7, 11) is 0. The van der Waals surface area contributed by atoms with Crippen LogP contribution in [0.1, 0.15) is 55.9 Å². The predicted molar refractivity (Wildman–Crippen MR) is 79.9 cm³/mol. The molecule has 0 aromatic carbocycles. The molecule has 0 aliphatic heterocycles. The minimum absolute atomic E-state index is 0.0564. The summed E-state index contributed by atoms with van der Waals surface area (Å²) in [6.45, 7) is 9.08. The Labute approximate surface area is 123 Å². The molecule has 0 saturated heterocycles. The first-order valence-corrected chi connectivity index (χ1v) is 7.73. The van der Waals surface area contributed by atoms with E-state index in [0.29, 0.717) is 11.9 Å². The van der Waals surface area contributed by atoms with Crippen molar-refractivity contribution in [3.05, 3.63) is 22.0 Å². The molecule has 2 aromatic rings. The Bertz CT molecular complexity index is 538. The zero-order valence-electron chi connectivity index (χ0n) is 12.3. The molecule has 2 N–H and O–H groups in total. The van der Waals surface area contributed by atoms with E-state index in [-0.39, 0.29) is 12.1 Å². The highest BCUT2D eigenvalue weighted by Crippen LogP contribution is 2.22. The van der Waals surface area contributed by atoms with E-state index in [1.165, 1.54) is 0 Å². The first-order chi connectivity index (χ1) is 9.60. The van der Waals surface area contributed by atoms with Gasteiger partial charge in [0.25, 0.3) is 0 Å². The largest absolute Gasteiger partial charge is 0.406 e. The van der Waals surface area contributed by atoms with Gasteiger partial charge in [0.1, 0.15) is 5.01 Å². The second-order valence-corrected chi connectivity index (χ2v) is 5.70. The summed E-state index contributed by atoms with van der Waals surface area (Å²) in [6, 6.07) is 0.557. The maximum absolute atomic E-state index is 5.62. The highest BCUT2D eigenvalue weighted by molar-refractivity contribution is 7.09. The minimum atomic E-state index is 0.0564. The van der Waals surface area contributed by atoms with Crippen LogP contribution in [0.2, 0.25) is 0 Å². The molecule has 0 saturated carbocycles. The lowest BCUT2D eigenvalue weighted by molar-refractivity contribution is 0.421. The van der Waals surface area contributed by atoms with Crippen molar-refractivity contribution in [2.24, 2.45) is 0 Å². The molecule has 2 unspecified atom stereocenters. The van der Waals surface area contributed by atoms with Crippen molar-refractivity contribution in [3.8, 4) is 0 Å². The summed E-state index contributed by atoms with van der Waals surface area (Å²) in [5.74, 6) is 0.600. The Morgan fingerprint density at radius 2 is 2.10 bits per heavy atom. The SMILES string of the molecule is CCCNC(C)c1nnc(NC(C)c2nc(C)cs2)o1. The average molecular weight is 295 g/mol. The van der Waals surface area contributed by atoms with E-state index in [1.54, 1.807) is 11.3 Å². The zero-order valence-corrected chi connectivity index (χ0v) is 13.1. The van der Waals surface area contributed by atoms with Crippen molar-refractivity contribution >= 4 is 17.4 Å². The van der Waals surface area contributed by atoms with Crippen LogP contribution in [-0.2, 0) is 0 Å². The number of hydrogen-bond donors (Lipinski definition) is 2. The monoisotopic (exact) mass is 295 g/mol. The zero-order chi connectivity index (χ0) is 14.5. The lowest BCUT2D eigenvalue weighted by Gasteiger charge is -2.09. The summed E-state index contributed by atoms with van der Waals surface area (Å²) < 4.78 is 5.62. The van der Waals surface area contributed by atoms with Gasteiger partial charge in [0.05, 0.1) is 12.1 Å². The molecule has 0 aliphatic rings. The maximum Gasteiger partial charge on any atom is 0.316 e. The fraction of sp³-hybridized carbons (Fsp3) is 0.615. The van der Waals surface area contributed by atoms with Crippen molar-refractivity contribution in [1.29, 1.82) is 0 Å². The van der Waals surface area contributed by atoms with E-state index in [9.17, 15) is 0 Å². The molecule has 0 fully saturated rings. The Morgan fingerprint density at radius 1 is 1.30 bits per heavy atom. The third kappa shape index (κ3) is 3.77. The van der Waals surface area contributed by atoms with Gasteiger partial charge in [-0.3, -0.25) is 0 Å². The normalized spacial score (nSPS) is 14.2. The van der Waals surface area contributed by atoms with Gasteiger partial charge in [-0.25, -0.2) is 4.98 Å². The number of hydrogen-bond acceptors (Lipinski definition) is 7. The van der Waals surface area contributed by atoms with E-state index in [2.05, 4.69) is 32.7 Å². The van der Waals surface area contributed by atoms with Crippen LogP contribution in [0.15, 0.2) is 9.80 Å². The summed E-state index contributed by atoms with van der Waals surface area (Å²) in [5.41, 5.74) is 1.03. The van der Waals surface area contributed by atoms with Crippen molar-refractivity contribution in [2.45, 2.75) is 46.2 Å². The topological polar surface area (TPSA) is 75.9 Å². The molecular formula is C13H21N5OS. The third-order valence-corrected chi connectivity index (χ3v) is 4.00. The number of nitrogens with one attached hydrogen (secondary N) is 2. The summed E-state index contributed by atoms with van der Waals surface area (Å²) in [5, 5.41) is 17.6. The van der Waals surface area contributed by atoms with Crippen molar-refractivity contribution in [3.63, 3.8) is 0 Å². The van der Waals surface area contributed by atoms with Gasteiger partial charge in [0.15, 0.2) is 0 Å². The quantitative estimate of drug-likeness (QED) is 0.817. The lowest BCUT2D eigenvalue weighted by Crippen LogP contribution is -2.19. The lowest BCUT2D eigenvalue weighted by atomic mass is 10.3. The molecule has 0 aliphatic carbocycles. The number of rotatable bonds is 7. The van der Waals surface area contributed by atoms with E-state index in [0.717, 1.165) is 23.7 Å². The van der Waals surface area contributed by atoms with Gasteiger partial charge in [-0.05, 0) is 33.7 Å².